The van der Waals surface area contributed by atoms with Crippen molar-refractivity contribution in [1.82, 2.24) is 0 Å². The van der Waals surface area contributed by atoms with Crippen LogP contribution in [0.2, 0.25) is 0 Å². The molecule has 0 aliphatic heterocycles. The lowest BCUT2D eigenvalue weighted by molar-refractivity contribution is 0.375. The van der Waals surface area contributed by atoms with E-state index in [0.29, 0.717) is 0 Å². The molecule has 0 N–H and O–H groups in total. The number of hydrogen-bond donors (Lipinski definition) is 0. The zero-order valence-electron chi connectivity index (χ0n) is 2.69. The predicted molar refractivity (Wildman–Crippen MR) is 17.4 cm³/mol. The average Bonchev–Trinajstić information content (AvgIpc) is 1.37. The Labute approximate surface area is 34.7 Å². The van der Waals surface area contributed by atoms with Gasteiger partial charge in [-0.05, 0) is 6.92 Å². The van der Waals surface area contributed by atoms with Crippen LogP contribution < -0.4 is 0 Å². The third-order valence-electron chi connectivity index (χ3n) is 0.167. The van der Waals surface area contributed by atoms with E-state index in [1.165, 1.54) is 0 Å². The zero-order chi connectivity index (χ0) is 3.41. The largest absolute Gasteiger partial charge is 0.516 e. The Bertz CT molecular complexity index is 8.00. The molecule has 2 heteroatoms. The Kier molecular flexibility index (Phi) is 3.92. The van der Waals surface area contributed by atoms with Crippen LogP contribution in [-0.4, -0.2) is 23.2 Å². The summed E-state index contributed by atoms with van der Waals surface area (Å²) in [4.78, 5) is 0. The Morgan fingerprint density at radius 1 is 2.00 bits per heavy atom. The molecular formula is C2H5AlO. The molecule has 22 valence electrons. The summed E-state index contributed by atoms with van der Waals surface area (Å²) in [6, 6.07) is 0. The van der Waals surface area contributed by atoms with Gasteiger partial charge in [-0.1, -0.05) is 0 Å². The van der Waals surface area contributed by atoms with E-state index in [-0.39, 0.29) is 0 Å². The van der Waals surface area contributed by atoms with Crippen LogP contribution in [-0.2, 0) is 3.79 Å². The van der Waals surface area contributed by atoms with Crippen molar-refractivity contribution in [2.45, 2.75) is 6.92 Å². The van der Waals surface area contributed by atoms with Gasteiger partial charge in [0.2, 0.25) is 0 Å². The minimum atomic E-state index is 0.782. The molecule has 0 unspecified atom stereocenters. The summed E-state index contributed by atoms with van der Waals surface area (Å²) in [5.41, 5.74) is 0. The topological polar surface area (TPSA) is 9.23 Å². The second-order valence-electron chi connectivity index (χ2n) is 0.455. The fourth-order valence-corrected chi connectivity index (χ4v) is 0. The molecule has 0 fully saturated rings. The predicted octanol–water partition coefficient (Wildman–Crippen LogP) is 0.106. The maximum atomic E-state index is 4.46. The van der Waals surface area contributed by atoms with Gasteiger partial charge < -0.3 is 3.79 Å². The minimum absolute atomic E-state index is 0.782. The highest BCUT2D eigenvalue weighted by Gasteiger charge is 1.52. The Hall–Kier alpha value is 0.492. The summed E-state index contributed by atoms with van der Waals surface area (Å²) in [5.74, 6) is 0. The fraction of sp³-hybridized carbons (Fsp3) is 1.00. The van der Waals surface area contributed by atoms with Crippen molar-refractivity contribution in [3.63, 3.8) is 0 Å². The van der Waals surface area contributed by atoms with Gasteiger partial charge in [0.15, 0.2) is 0 Å². The van der Waals surface area contributed by atoms with Crippen LogP contribution in [0.3, 0.4) is 0 Å². The van der Waals surface area contributed by atoms with Crippen LogP contribution in [0.4, 0.5) is 0 Å². The summed E-state index contributed by atoms with van der Waals surface area (Å²) in [5, 5.41) is 0. The molecule has 0 bridgehead atoms. The highest BCUT2D eigenvalue weighted by atomic mass is 27.1. The molecule has 0 aliphatic carbocycles. The Morgan fingerprint density at radius 3 is 2.25 bits per heavy atom. The lowest BCUT2D eigenvalue weighted by Gasteiger charge is -1.79. The maximum absolute atomic E-state index is 4.46. The number of hydrogen-bond acceptors (Lipinski definition) is 1. The molecule has 0 atom stereocenters. The molecule has 0 saturated carbocycles. The maximum Gasteiger partial charge on any atom is 0.369 e. The fourth-order valence-electron chi connectivity index (χ4n) is 0. The summed E-state index contributed by atoms with van der Waals surface area (Å²) in [6.45, 7) is 2.72. The van der Waals surface area contributed by atoms with Gasteiger partial charge in [-0.25, -0.2) is 0 Å². The minimum Gasteiger partial charge on any atom is -0.516 e. The van der Waals surface area contributed by atoms with Gasteiger partial charge in [0.1, 0.15) is 0 Å². The van der Waals surface area contributed by atoms with Gasteiger partial charge in [0.05, 0.1) is 0 Å². The summed E-state index contributed by atoms with van der Waals surface area (Å²) < 4.78 is 4.46. The molecular weight excluding hydrogens is 67.0 g/mol. The van der Waals surface area contributed by atoms with Gasteiger partial charge in [-0.2, -0.15) is 0 Å². The van der Waals surface area contributed by atoms with Crippen molar-refractivity contribution >= 4 is 16.6 Å². The summed E-state index contributed by atoms with van der Waals surface area (Å²) in [6.07, 6.45) is 0. The quantitative estimate of drug-likeness (QED) is 0.399. The molecule has 0 rings (SSSR count). The molecule has 0 spiro atoms. The standard InChI is InChI=1S/C2H5O.Al/c1-2-3;/h2H2,1H3;/q-1;+1. The lowest BCUT2D eigenvalue weighted by Crippen LogP contribution is -1.76. The van der Waals surface area contributed by atoms with Gasteiger partial charge in [-0.3, -0.25) is 0 Å². The first-order valence-electron chi connectivity index (χ1n) is 1.23. The van der Waals surface area contributed by atoms with Crippen LogP contribution in [0.15, 0.2) is 0 Å². The van der Waals surface area contributed by atoms with E-state index in [0.717, 1.165) is 6.61 Å². The summed E-state index contributed by atoms with van der Waals surface area (Å²) in [7, 11) is 0. The van der Waals surface area contributed by atoms with Crippen LogP contribution in [0.1, 0.15) is 6.92 Å². The first-order valence-corrected chi connectivity index (χ1v) is 1.70. The van der Waals surface area contributed by atoms with Gasteiger partial charge in [-0.15, -0.1) is 0 Å². The van der Waals surface area contributed by atoms with E-state index in [1.54, 1.807) is 0 Å². The summed E-state index contributed by atoms with van der Waals surface area (Å²) >= 11 is 2.16. The van der Waals surface area contributed by atoms with Crippen molar-refractivity contribution < 1.29 is 3.79 Å². The van der Waals surface area contributed by atoms with E-state index in [9.17, 15) is 0 Å². The molecule has 0 aromatic heterocycles. The van der Waals surface area contributed by atoms with E-state index < -0.39 is 0 Å². The second-order valence-corrected chi connectivity index (χ2v) is 0.789. The average molecular weight is 72.0 g/mol. The van der Waals surface area contributed by atoms with Gasteiger partial charge in [0.25, 0.3) is 0 Å². The molecule has 1 nitrogen and oxygen atoms in total. The van der Waals surface area contributed by atoms with E-state index in [4.69, 9.17) is 0 Å². The van der Waals surface area contributed by atoms with Crippen molar-refractivity contribution in [3.05, 3.63) is 0 Å². The van der Waals surface area contributed by atoms with Crippen LogP contribution in [0.5, 0.6) is 0 Å². The van der Waals surface area contributed by atoms with Crippen LogP contribution in [0, 0.1) is 0 Å². The number of rotatable bonds is 1. The monoisotopic (exact) mass is 72.0 g/mol. The molecule has 0 aliphatic rings. The highest BCUT2D eigenvalue weighted by molar-refractivity contribution is 5.97. The van der Waals surface area contributed by atoms with Crippen molar-refractivity contribution in [3.8, 4) is 0 Å². The Balaban J connectivity index is 1.97. The van der Waals surface area contributed by atoms with E-state index in [2.05, 4.69) is 20.4 Å². The SMILES string of the molecule is CC[O][Al]. The zero-order valence-corrected chi connectivity index (χ0v) is 3.85. The first-order chi connectivity index (χ1) is 1.91. The van der Waals surface area contributed by atoms with Crippen molar-refractivity contribution in [2.75, 3.05) is 6.61 Å². The molecule has 0 aromatic rings. The van der Waals surface area contributed by atoms with Crippen molar-refractivity contribution in [1.29, 1.82) is 0 Å². The van der Waals surface area contributed by atoms with Crippen LogP contribution in [0.25, 0.3) is 0 Å². The van der Waals surface area contributed by atoms with E-state index >= 15 is 0 Å². The smallest absolute Gasteiger partial charge is 0.369 e. The molecule has 0 saturated heterocycles. The third kappa shape index (κ3) is 2.49. The molecule has 4 heavy (non-hydrogen) atoms. The van der Waals surface area contributed by atoms with Crippen molar-refractivity contribution in [2.24, 2.45) is 0 Å². The van der Waals surface area contributed by atoms with Gasteiger partial charge in [0, 0.05) is 6.61 Å². The first kappa shape index (κ1) is 4.49. The van der Waals surface area contributed by atoms with Crippen LogP contribution >= 0.6 is 0 Å². The third-order valence-corrected chi connectivity index (χ3v) is 0.500. The second kappa shape index (κ2) is 3.49. The highest BCUT2D eigenvalue weighted by Crippen LogP contribution is 1.50. The lowest BCUT2D eigenvalue weighted by atomic mass is 10.9. The van der Waals surface area contributed by atoms with Gasteiger partial charge >= 0.3 is 16.6 Å². The normalized spacial score (nSPS) is 7.25. The molecule has 0 amide bonds. The molecule has 2 radical (unpaired) electrons. The molecule has 0 heterocycles. The Morgan fingerprint density at radius 2 is 2.25 bits per heavy atom. The molecule has 0 aromatic carbocycles. The van der Waals surface area contributed by atoms with E-state index in [1.807, 2.05) is 6.92 Å².